The summed E-state index contributed by atoms with van der Waals surface area (Å²) in [6.07, 6.45) is 0. The Morgan fingerprint density at radius 2 is 1.72 bits per heavy atom. The standard InChI is InChI=1S/C21H21F2N3O3/c1-13(2)18(25-19(27)14-8-4-3-5-9-14)20(28)29-12-17-24-15-10-6-7-11-16(15)26(17)21(22)23/h3-11,13,18,21H,12H2,1-2H3,(H,25,27)/t18-/m0/s1. The van der Waals surface area contributed by atoms with Gasteiger partial charge in [0, 0.05) is 5.56 Å². The van der Waals surface area contributed by atoms with E-state index in [9.17, 15) is 18.4 Å². The second-order valence-electron chi connectivity index (χ2n) is 6.83. The molecule has 3 aromatic rings. The average Bonchev–Trinajstić information content (AvgIpc) is 3.09. The molecule has 0 saturated carbocycles. The van der Waals surface area contributed by atoms with E-state index in [1.807, 2.05) is 0 Å². The van der Waals surface area contributed by atoms with E-state index >= 15 is 0 Å². The van der Waals surface area contributed by atoms with Crippen molar-refractivity contribution < 1.29 is 23.1 Å². The minimum absolute atomic E-state index is 0.0635. The number of ether oxygens (including phenoxy) is 1. The molecule has 0 bridgehead atoms. The number of aromatic nitrogens is 2. The Balaban J connectivity index is 1.73. The number of nitrogens with zero attached hydrogens (tertiary/aromatic N) is 2. The van der Waals surface area contributed by atoms with Gasteiger partial charge in [0.2, 0.25) is 0 Å². The van der Waals surface area contributed by atoms with Crippen molar-refractivity contribution in [2.24, 2.45) is 5.92 Å². The molecule has 0 radical (unpaired) electrons. The maximum absolute atomic E-state index is 13.5. The van der Waals surface area contributed by atoms with Crippen LogP contribution in [0.1, 0.15) is 36.6 Å². The van der Waals surface area contributed by atoms with Crippen molar-refractivity contribution in [2.75, 3.05) is 0 Å². The highest BCUT2D eigenvalue weighted by Crippen LogP contribution is 2.23. The fraction of sp³-hybridized carbons (Fsp3) is 0.286. The predicted molar refractivity (Wildman–Crippen MR) is 103 cm³/mol. The van der Waals surface area contributed by atoms with Gasteiger partial charge in [-0.2, -0.15) is 8.78 Å². The van der Waals surface area contributed by atoms with Crippen LogP contribution in [0.25, 0.3) is 11.0 Å². The van der Waals surface area contributed by atoms with E-state index < -0.39 is 31.1 Å². The minimum atomic E-state index is -2.82. The average molecular weight is 401 g/mol. The molecule has 0 aliphatic heterocycles. The van der Waals surface area contributed by atoms with Gasteiger partial charge in [0.15, 0.2) is 5.82 Å². The van der Waals surface area contributed by atoms with Crippen molar-refractivity contribution in [1.82, 2.24) is 14.9 Å². The van der Waals surface area contributed by atoms with Crippen molar-refractivity contribution >= 4 is 22.9 Å². The maximum atomic E-state index is 13.5. The fourth-order valence-corrected chi connectivity index (χ4v) is 2.95. The number of halogens is 2. The molecule has 1 amide bonds. The molecule has 1 atom stereocenters. The molecule has 1 N–H and O–H groups in total. The number of para-hydroxylation sites is 2. The van der Waals surface area contributed by atoms with Crippen LogP contribution < -0.4 is 5.32 Å². The number of rotatable bonds is 7. The number of amides is 1. The van der Waals surface area contributed by atoms with Gasteiger partial charge in [0.05, 0.1) is 11.0 Å². The maximum Gasteiger partial charge on any atom is 0.329 e. The van der Waals surface area contributed by atoms with Gasteiger partial charge in [-0.1, -0.05) is 44.2 Å². The lowest BCUT2D eigenvalue weighted by Gasteiger charge is -2.21. The fourth-order valence-electron chi connectivity index (χ4n) is 2.95. The van der Waals surface area contributed by atoms with Crippen LogP contribution in [0.4, 0.5) is 8.78 Å². The molecule has 3 rings (SSSR count). The van der Waals surface area contributed by atoms with E-state index in [0.29, 0.717) is 11.1 Å². The number of alkyl halides is 2. The largest absolute Gasteiger partial charge is 0.456 e. The summed E-state index contributed by atoms with van der Waals surface area (Å²) in [5, 5.41) is 2.64. The summed E-state index contributed by atoms with van der Waals surface area (Å²) in [7, 11) is 0. The van der Waals surface area contributed by atoms with E-state index in [4.69, 9.17) is 4.74 Å². The zero-order valence-electron chi connectivity index (χ0n) is 16.0. The smallest absolute Gasteiger partial charge is 0.329 e. The number of imidazole rings is 1. The summed E-state index contributed by atoms with van der Waals surface area (Å²) < 4.78 is 32.9. The third kappa shape index (κ3) is 4.59. The van der Waals surface area contributed by atoms with Gasteiger partial charge >= 0.3 is 12.5 Å². The number of nitrogens with one attached hydrogen (secondary N) is 1. The normalized spacial score (nSPS) is 12.3. The van der Waals surface area contributed by atoms with Crippen LogP contribution in [0, 0.1) is 5.92 Å². The quantitative estimate of drug-likeness (QED) is 0.609. The summed E-state index contributed by atoms with van der Waals surface area (Å²) in [6.45, 7) is 0.259. The van der Waals surface area contributed by atoms with Crippen molar-refractivity contribution in [3.05, 3.63) is 66.0 Å². The Kier molecular flexibility index (Phi) is 6.21. The summed E-state index contributed by atoms with van der Waals surface area (Å²) >= 11 is 0. The van der Waals surface area contributed by atoms with Crippen molar-refractivity contribution in [3.8, 4) is 0 Å². The van der Waals surface area contributed by atoms with Gasteiger partial charge in [0.25, 0.3) is 5.91 Å². The van der Waals surface area contributed by atoms with Crippen LogP contribution in [0.2, 0.25) is 0 Å². The van der Waals surface area contributed by atoms with Gasteiger partial charge < -0.3 is 10.1 Å². The van der Waals surface area contributed by atoms with Crippen molar-refractivity contribution in [3.63, 3.8) is 0 Å². The highest BCUT2D eigenvalue weighted by Gasteiger charge is 2.27. The van der Waals surface area contributed by atoms with Crippen LogP contribution in [-0.2, 0) is 16.1 Å². The Morgan fingerprint density at radius 3 is 2.38 bits per heavy atom. The van der Waals surface area contributed by atoms with Gasteiger partial charge in [-0.3, -0.25) is 9.36 Å². The molecule has 1 aromatic heterocycles. The molecule has 29 heavy (non-hydrogen) atoms. The first-order valence-electron chi connectivity index (χ1n) is 9.15. The number of hydrogen-bond donors (Lipinski definition) is 1. The first kappa shape index (κ1) is 20.4. The monoisotopic (exact) mass is 401 g/mol. The van der Waals surface area contributed by atoms with Gasteiger partial charge in [0.1, 0.15) is 12.6 Å². The zero-order valence-corrected chi connectivity index (χ0v) is 16.0. The lowest BCUT2D eigenvalue weighted by atomic mass is 10.0. The summed E-state index contributed by atoms with van der Waals surface area (Å²) in [4.78, 5) is 29.1. The zero-order chi connectivity index (χ0) is 21.0. The van der Waals surface area contributed by atoms with Crippen LogP contribution in [-0.4, -0.2) is 27.5 Å². The highest BCUT2D eigenvalue weighted by atomic mass is 19.3. The summed E-state index contributed by atoms with van der Waals surface area (Å²) in [5.41, 5.74) is 1.05. The van der Waals surface area contributed by atoms with Crippen LogP contribution >= 0.6 is 0 Å². The molecule has 2 aromatic carbocycles. The van der Waals surface area contributed by atoms with E-state index in [-0.39, 0.29) is 17.3 Å². The topological polar surface area (TPSA) is 73.2 Å². The van der Waals surface area contributed by atoms with E-state index in [0.717, 1.165) is 4.57 Å². The predicted octanol–water partition coefficient (Wildman–Crippen LogP) is 3.93. The van der Waals surface area contributed by atoms with Crippen LogP contribution in [0.3, 0.4) is 0 Å². The number of fused-ring (bicyclic) bond motifs is 1. The minimum Gasteiger partial charge on any atom is -0.456 e. The second kappa shape index (κ2) is 8.81. The molecule has 1 heterocycles. The molecule has 8 heteroatoms. The molecule has 152 valence electrons. The molecular formula is C21H21F2N3O3. The molecule has 0 saturated heterocycles. The van der Waals surface area contributed by atoms with E-state index in [2.05, 4.69) is 10.3 Å². The first-order chi connectivity index (χ1) is 13.9. The third-order valence-corrected chi connectivity index (χ3v) is 4.45. The Bertz CT molecular complexity index is 1000. The molecule has 0 spiro atoms. The van der Waals surface area contributed by atoms with Crippen LogP contribution in [0.15, 0.2) is 54.6 Å². The number of hydrogen-bond acceptors (Lipinski definition) is 4. The molecule has 0 aliphatic carbocycles. The summed E-state index contributed by atoms with van der Waals surface area (Å²) in [5.74, 6) is -1.45. The molecule has 6 nitrogen and oxygen atoms in total. The third-order valence-electron chi connectivity index (χ3n) is 4.45. The van der Waals surface area contributed by atoms with E-state index in [1.165, 1.54) is 6.07 Å². The van der Waals surface area contributed by atoms with Crippen molar-refractivity contribution in [2.45, 2.75) is 33.0 Å². The van der Waals surface area contributed by atoms with Crippen molar-refractivity contribution in [1.29, 1.82) is 0 Å². The summed E-state index contributed by atoms with van der Waals surface area (Å²) in [6, 6.07) is 14.0. The molecular weight excluding hydrogens is 380 g/mol. The number of benzene rings is 2. The Hall–Kier alpha value is -3.29. The SMILES string of the molecule is CC(C)[C@H](NC(=O)c1ccccc1)C(=O)OCc1nc2ccccc2n1C(F)F. The Labute approximate surface area is 166 Å². The second-order valence-corrected chi connectivity index (χ2v) is 6.83. The van der Waals surface area contributed by atoms with Gasteiger partial charge in [-0.25, -0.2) is 9.78 Å². The van der Waals surface area contributed by atoms with Gasteiger partial charge in [-0.05, 0) is 30.2 Å². The van der Waals surface area contributed by atoms with Gasteiger partial charge in [-0.15, -0.1) is 0 Å². The first-order valence-corrected chi connectivity index (χ1v) is 9.15. The Morgan fingerprint density at radius 1 is 1.07 bits per heavy atom. The van der Waals surface area contributed by atoms with Crippen LogP contribution in [0.5, 0.6) is 0 Å². The number of carbonyl (C=O) groups is 2. The van der Waals surface area contributed by atoms with E-state index in [1.54, 1.807) is 62.4 Å². The number of esters is 1. The lowest BCUT2D eigenvalue weighted by Crippen LogP contribution is -2.45. The molecule has 0 fully saturated rings. The highest BCUT2D eigenvalue weighted by molar-refractivity contribution is 5.96. The lowest BCUT2D eigenvalue weighted by molar-refractivity contribution is -0.149. The number of carbonyl (C=O) groups excluding carboxylic acids is 2. The molecule has 0 unspecified atom stereocenters. The molecule has 0 aliphatic rings.